The Bertz CT molecular complexity index is 726. The molecule has 0 saturated heterocycles. The first-order valence-electron chi connectivity index (χ1n) is 9.02. The third-order valence-corrected chi connectivity index (χ3v) is 5.70. The molecule has 1 aromatic heterocycles. The van der Waals surface area contributed by atoms with Gasteiger partial charge in [0.05, 0.1) is 12.3 Å². The summed E-state index contributed by atoms with van der Waals surface area (Å²) in [7, 11) is 0. The molecule has 0 saturated carbocycles. The number of nitrogens with one attached hydrogen (secondary N) is 2. The summed E-state index contributed by atoms with van der Waals surface area (Å²) in [5.41, 5.74) is 3.64. The van der Waals surface area contributed by atoms with Crippen molar-refractivity contribution in [3.8, 4) is 5.75 Å². The highest BCUT2D eigenvalue weighted by molar-refractivity contribution is 7.10. The minimum absolute atomic E-state index is 0.190. The fraction of sp³-hybridized carbons (Fsp3) is 0.450. The summed E-state index contributed by atoms with van der Waals surface area (Å²) in [5, 5.41) is 8.09. The summed E-state index contributed by atoms with van der Waals surface area (Å²) in [6.07, 6.45) is 4.56. The van der Waals surface area contributed by atoms with Crippen molar-refractivity contribution in [3.63, 3.8) is 0 Å². The van der Waals surface area contributed by atoms with Crippen LogP contribution in [0.25, 0.3) is 0 Å². The number of thiophene rings is 1. The molecule has 0 radical (unpaired) electrons. The summed E-state index contributed by atoms with van der Waals surface area (Å²) >= 11 is 1.88. The first kappa shape index (κ1) is 17.8. The number of carbonyl (C=O) groups is 1. The van der Waals surface area contributed by atoms with Gasteiger partial charge in [0.15, 0.2) is 0 Å². The van der Waals surface area contributed by atoms with Gasteiger partial charge in [-0.05, 0) is 67.2 Å². The Balaban J connectivity index is 1.51. The van der Waals surface area contributed by atoms with Crippen LogP contribution in [-0.2, 0) is 19.3 Å². The lowest BCUT2D eigenvalue weighted by atomic mass is 9.88. The van der Waals surface area contributed by atoms with Crippen molar-refractivity contribution in [1.82, 2.24) is 5.32 Å². The Kier molecular flexibility index (Phi) is 5.97. The second kappa shape index (κ2) is 8.39. The van der Waals surface area contributed by atoms with Crippen LogP contribution in [0.2, 0.25) is 0 Å². The van der Waals surface area contributed by atoms with Crippen LogP contribution in [0.15, 0.2) is 29.6 Å². The van der Waals surface area contributed by atoms with Crippen molar-refractivity contribution >= 4 is 23.1 Å². The molecule has 4 nitrogen and oxygen atoms in total. The van der Waals surface area contributed by atoms with Gasteiger partial charge in [-0.3, -0.25) is 0 Å². The summed E-state index contributed by atoms with van der Waals surface area (Å²) in [6.45, 7) is 5.47. The molecular formula is C20H26N2O2S. The van der Waals surface area contributed by atoms with Crippen molar-refractivity contribution in [1.29, 1.82) is 0 Å². The molecule has 2 aromatic rings. The zero-order valence-corrected chi connectivity index (χ0v) is 15.7. The molecule has 1 aromatic carbocycles. The molecule has 2 amide bonds. The van der Waals surface area contributed by atoms with Crippen LogP contribution < -0.4 is 15.4 Å². The first-order valence-corrected chi connectivity index (χ1v) is 9.90. The van der Waals surface area contributed by atoms with Crippen LogP contribution in [0.1, 0.15) is 36.3 Å². The highest BCUT2D eigenvalue weighted by Gasteiger charge is 2.19. The molecule has 0 spiro atoms. The number of amides is 2. The van der Waals surface area contributed by atoms with E-state index in [0.29, 0.717) is 24.6 Å². The number of carbonyl (C=O) groups excluding carboxylic acids is 1. The fourth-order valence-electron chi connectivity index (χ4n) is 3.28. The second-order valence-corrected chi connectivity index (χ2v) is 7.53. The smallest absolute Gasteiger partial charge is 0.319 e. The number of urea groups is 1. The van der Waals surface area contributed by atoms with E-state index in [0.717, 1.165) is 12.3 Å². The van der Waals surface area contributed by atoms with E-state index in [1.54, 1.807) is 4.88 Å². The number of ether oxygens (including phenoxy) is 1. The van der Waals surface area contributed by atoms with Gasteiger partial charge in [0.25, 0.3) is 0 Å². The quantitative estimate of drug-likeness (QED) is 0.790. The molecule has 1 unspecified atom stereocenters. The average molecular weight is 359 g/mol. The van der Waals surface area contributed by atoms with E-state index in [2.05, 4.69) is 22.9 Å². The molecule has 1 aliphatic carbocycles. The van der Waals surface area contributed by atoms with Crippen LogP contribution in [0.4, 0.5) is 10.5 Å². The number of benzene rings is 1. The van der Waals surface area contributed by atoms with Gasteiger partial charge >= 0.3 is 6.03 Å². The van der Waals surface area contributed by atoms with Gasteiger partial charge < -0.3 is 15.4 Å². The molecule has 25 heavy (non-hydrogen) atoms. The Morgan fingerprint density at radius 2 is 2.20 bits per heavy atom. The van der Waals surface area contributed by atoms with Crippen molar-refractivity contribution in [2.75, 3.05) is 18.5 Å². The van der Waals surface area contributed by atoms with E-state index in [1.165, 1.54) is 30.4 Å². The van der Waals surface area contributed by atoms with Gasteiger partial charge in [-0.1, -0.05) is 19.1 Å². The third-order valence-electron chi connectivity index (χ3n) is 4.60. The number of anilines is 1. The zero-order valence-electron chi connectivity index (χ0n) is 14.9. The van der Waals surface area contributed by atoms with Crippen LogP contribution >= 0.6 is 11.3 Å². The van der Waals surface area contributed by atoms with Gasteiger partial charge in [-0.2, -0.15) is 0 Å². The summed E-state index contributed by atoms with van der Waals surface area (Å²) in [6, 6.07) is 7.30. The number of hydrogen-bond acceptors (Lipinski definition) is 3. The maximum absolute atomic E-state index is 12.2. The molecule has 0 bridgehead atoms. The summed E-state index contributed by atoms with van der Waals surface area (Å²) < 4.78 is 5.53. The molecule has 134 valence electrons. The molecule has 2 N–H and O–H groups in total. The van der Waals surface area contributed by atoms with Gasteiger partial charge in [-0.15, -0.1) is 11.3 Å². The van der Waals surface area contributed by atoms with Gasteiger partial charge in [-0.25, -0.2) is 4.79 Å². The number of fused-ring (bicyclic) bond motifs is 1. The minimum atomic E-state index is -0.190. The second-order valence-electron chi connectivity index (χ2n) is 6.57. The fourth-order valence-corrected chi connectivity index (χ4v) is 4.58. The molecule has 0 fully saturated rings. The van der Waals surface area contributed by atoms with Crippen LogP contribution in [-0.4, -0.2) is 19.2 Å². The number of para-hydroxylation sites is 2. The van der Waals surface area contributed by atoms with Crippen molar-refractivity contribution in [2.24, 2.45) is 5.92 Å². The molecular weight excluding hydrogens is 332 g/mol. The SMILES string of the molecule is CCOc1ccccc1NC(=O)NCCc1csc2c1CCC(C)C2. The zero-order chi connectivity index (χ0) is 17.6. The van der Waals surface area contributed by atoms with Gasteiger partial charge in [0.2, 0.25) is 0 Å². The number of hydrogen-bond donors (Lipinski definition) is 2. The van der Waals surface area contributed by atoms with Crippen molar-refractivity contribution in [2.45, 2.75) is 39.5 Å². The van der Waals surface area contributed by atoms with Gasteiger partial charge in [0, 0.05) is 11.4 Å². The van der Waals surface area contributed by atoms with Crippen LogP contribution in [0.5, 0.6) is 5.75 Å². The molecule has 0 aliphatic heterocycles. The van der Waals surface area contributed by atoms with Gasteiger partial charge in [0.1, 0.15) is 5.75 Å². The van der Waals surface area contributed by atoms with E-state index in [1.807, 2.05) is 42.5 Å². The van der Waals surface area contributed by atoms with E-state index in [-0.39, 0.29) is 6.03 Å². The Morgan fingerprint density at radius 3 is 3.04 bits per heavy atom. The van der Waals surface area contributed by atoms with Crippen LogP contribution in [0.3, 0.4) is 0 Å². The Morgan fingerprint density at radius 1 is 1.36 bits per heavy atom. The van der Waals surface area contributed by atoms with E-state index in [9.17, 15) is 4.79 Å². The van der Waals surface area contributed by atoms with Crippen molar-refractivity contribution in [3.05, 3.63) is 45.6 Å². The topological polar surface area (TPSA) is 50.4 Å². The highest BCUT2D eigenvalue weighted by Crippen LogP contribution is 2.32. The lowest BCUT2D eigenvalue weighted by Gasteiger charge is -2.19. The van der Waals surface area contributed by atoms with E-state index in [4.69, 9.17) is 4.74 Å². The lowest BCUT2D eigenvalue weighted by Crippen LogP contribution is -2.30. The van der Waals surface area contributed by atoms with Crippen molar-refractivity contribution < 1.29 is 9.53 Å². The Hall–Kier alpha value is -2.01. The minimum Gasteiger partial charge on any atom is -0.492 e. The maximum atomic E-state index is 12.2. The summed E-state index contributed by atoms with van der Waals surface area (Å²) in [5.74, 6) is 1.49. The first-order chi connectivity index (χ1) is 12.2. The highest BCUT2D eigenvalue weighted by atomic mass is 32.1. The predicted molar refractivity (Wildman–Crippen MR) is 104 cm³/mol. The molecule has 5 heteroatoms. The maximum Gasteiger partial charge on any atom is 0.319 e. The molecule has 1 aliphatic rings. The van der Waals surface area contributed by atoms with E-state index < -0.39 is 0 Å². The molecule has 1 atom stereocenters. The average Bonchev–Trinajstić information content (AvgIpc) is 2.99. The third kappa shape index (κ3) is 4.54. The number of rotatable bonds is 6. The summed E-state index contributed by atoms with van der Waals surface area (Å²) in [4.78, 5) is 13.7. The normalized spacial score (nSPS) is 16.2. The predicted octanol–water partition coefficient (Wildman–Crippen LogP) is 4.64. The van der Waals surface area contributed by atoms with Crippen LogP contribution in [0, 0.1) is 5.92 Å². The molecule has 3 rings (SSSR count). The Labute approximate surface area is 153 Å². The largest absolute Gasteiger partial charge is 0.492 e. The van der Waals surface area contributed by atoms with E-state index >= 15 is 0 Å². The standard InChI is InChI=1S/C20H26N2O2S/c1-3-24-18-7-5-4-6-17(18)22-20(23)21-11-10-15-13-25-19-12-14(2)8-9-16(15)19/h4-7,13-14H,3,8-12H2,1-2H3,(H2,21,22,23). The monoisotopic (exact) mass is 358 g/mol. The molecule has 1 heterocycles. The lowest BCUT2D eigenvalue weighted by molar-refractivity contribution is 0.252.